The van der Waals surface area contributed by atoms with Crippen LogP contribution in [0.2, 0.25) is 0 Å². The molecule has 0 aliphatic rings. The van der Waals surface area contributed by atoms with Crippen LogP contribution >= 0.6 is 0 Å². The van der Waals surface area contributed by atoms with Gasteiger partial charge in [-0.1, -0.05) is 0 Å². The number of nitrogens with two attached hydrogens (primary N) is 1. The maximum atomic E-state index is 10.9. The van der Waals surface area contributed by atoms with E-state index in [2.05, 4.69) is 10.1 Å². The second-order valence-corrected chi connectivity index (χ2v) is 2.64. The third-order valence-corrected chi connectivity index (χ3v) is 1.68. The summed E-state index contributed by atoms with van der Waals surface area (Å²) >= 11 is 0. The van der Waals surface area contributed by atoms with E-state index in [4.69, 9.17) is 5.84 Å². The highest BCUT2D eigenvalue weighted by atomic mass is 16.2. The number of hydrazine groups is 1. The van der Waals surface area contributed by atoms with Gasteiger partial charge in [-0.2, -0.15) is 5.10 Å². The second-order valence-electron chi connectivity index (χ2n) is 2.64. The predicted octanol–water partition coefficient (Wildman–Crippen LogP) is -0.861. The number of aryl methyl sites for hydroxylation is 2. The van der Waals surface area contributed by atoms with E-state index in [1.807, 2.05) is 19.3 Å². The van der Waals surface area contributed by atoms with Gasteiger partial charge in [0.25, 0.3) is 0 Å². The lowest BCUT2D eigenvalue weighted by molar-refractivity contribution is -0.120. The van der Waals surface area contributed by atoms with Crippen molar-refractivity contribution in [2.24, 2.45) is 5.84 Å². The lowest BCUT2D eigenvalue weighted by atomic mass is 10.4. The first kappa shape index (κ1) is 9.66. The molecule has 0 aliphatic heterocycles. The van der Waals surface area contributed by atoms with Gasteiger partial charge in [0, 0.05) is 6.54 Å². The van der Waals surface area contributed by atoms with Crippen molar-refractivity contribution in [1.82, 2.24) is 20.2 Å². The number of amides is 1. The predicted molar refractivity (Wildman–Crippen MR) is 46.5 cm³/mol. The molecule has 1 rings (SSSR count). The molecule has 1 amide bonds. The van der Waals surface area contributed by atoms with Gasteiger partial charge in [-0.25, -0.2) is 10.8 Å². The van der Waals surface area contributed by atoms with Gasteiger partial charge in [-0.15, -0.1) is 0 Å². The molecule has 0 saturated carbocycles. The van der Waals surface area contributed by atoms with Crippen LogP contribution in [0.5, 0.6) is 0 Å². The molecule has 1 aromatic heterocycles. The monoisotopic (exact) mass is 183 g/mol. The summed E-state index contributed by atoms with van der Waals surface area (Å²) in [6, 6.07) is 0. The molecule has 0 bridgehead atoms. The fourth-order valence-corrected chi connectivity index (χ4v) is 1.05. The molecule has 0 spiro atoms. The van der Waals surface area contributed by atoms with E-state index in [0.29, 0.717) is 5.82 Å². The Labute approximate surface area is 76.1 Å². The number of hydrogen-bond acceptors (Lipinski definition) is 4. The smallest absolute Gasteiger partial charge is 0.241 e. The summed E-state index contributed by atoms with van der Waals surface area (Å²) in [5.41, 5.74) is 2.03. The average Bonchev–Trinajstić information content (AvgIpc) is 2.46. The van der Waals surface area contributed by atoms with Gasteiger partial charge in [0.05, 0.1) is 6.42 Å². The van der Waals surface area contributed by atoms with Crippen molar-refractivity contribution in [3.8, 4) is 0 Å². The zero-order valence-electron chi connectivity index (χ0n) is 7.74. The summed E-state index contributed by atoms with van der Waals surface area (Å²) in [6.45, 7) is 4.57. The van der Waals surface area contributed by atoms with E-state index in [1.165, 1.54) is 0 Å². The highest BCUT2D eigenvalue weighted by Gasteiger charge is 2.08. The quantitative estimate of drug-likeness (QED) is 0.362. The van der Waals surface area contributed by atoms with E-state index in [1.54, 1.807) is 4.68 Å². The van der Waals surface area contributed by atoms with Gasteiger partial charge < -0.3 is 0 Å². The summed E-state index contributed by atoms with van der Waals surface area (Å²) in [6.07, 6.45) is 0.129. The summed E-state index contributed by atoms with van der Waals surface area (Å²) in [5, 5.41) is 4.11. The molecule has 0 aliphatic carbocycles. The summed E-state index contributed by atoms with van der Waals surface area (Å²) < 4.78 is 1.74. The summed E-state index contributed by atoms with van der Waals surface area (Å²) in [4.78, 5) is 15.0. The summed E-state index contributed by atoms with van der Waals surface area (Å²) in [7, 11) is 0. The number of nitrogens with one attached hydrogen (secondary N) is 1. The maximum absolute atomic E-state index is 10.9. The highest BCUT2D eigenvalue weighted by Crippen LogP contribution is 1.97. The van der Waals surface area contributed by atoms with Crippen LogP contribution in [0.25, 0.3) is 0 Å². The van der Waals surface area contributed by atoms with Crippen molar-refractivity contribution >= 4 is 5.91 Å². The highest BCUT2D eigenvalue weighted by molar-refractivity contribution is 5.76. The maximum Gasteiger partial charge on any atom is 0.241 e. The number of hydrogen-bond donors (Lipinski definition) is 2. The van der Waals surface area contributed by atoms with Crippen molar-refractivity contribution in [2.45, 2.75) is 26.8 Å². The molecule has 0 atom stereocenters. The van der Waals surface area contributed by atoms with Crippen LogP contribution in [0.15, 0.2) is 0 Å². The van der Waals surface area contributed by atoms with Gasteiger partial charge in [0.1, 0.15) is 5.82 Å². The molecule has 3 N–H and O–H groups in total. The van der Waals surface area contributed by atoms with Crippen LogP contribution in [0.4, 0.5) is 0 Å². The molecule has 0 unspecified atom stereocenters. The number of rotatable bonds is 3. The molecule has 6 nitrogen and oxygen atoms in total. The Morgan fingerprint density at radius 1 is 1.69 bits per heavy atom. The van der Waals surface area contributed by atoms with Crippen LogP contribution < -0.4 is 11.3 Å². The van der Waals surface area contributed by atoms with Crippen LogP contribution in [0, 0.1) is 6.92 Å². The zero-order valence-corrected chi connectivity index (χ0v) is 7.74. The first-order valence-corrected chi connectivity index (χ1v) is 4.07. The number of aromatic nitrogens is 3. The molecule has 0 fully saturated rings. The Balaban J connectivity index is 2.73. The molecular formula is C7H13N5O. The topological polar surface area (TPSA) is 85.8 Å². The van der Waals surface area contributed by atoms with Gasteiger partial charge in [0.2, 0.25) is 5.91 Å². The average molecular weight is 183 g/mol. The first-order valence-electron chi connectivity index (χ1n) is 4.07. The molecule has 0 aromatic carbocycles. The van der Waals surface area contributed by atoms with Gasteiger partial charge >= 0.3 is 0 Å². The molecule has 0 radical (unpaired) electrons. The van der Waals surface area contributed by atoms with Gasteiger partial charge in [0.15, 0.2) is 5.82 Å². The van der Waals surface area contributed by atoms with E-state index in [-0.39, 0.29) is 12.3 Å². The van der Waals surface area contributed by atoms with Gasteiger partial charge in [-0.05, 0) is 13.8 Å². The van der Waals surface area contributed by atoms with Crippen LogP contribution in [-0.4, -0.2) is 20.7 Å². The van der Waals surface area contributed by atoms with Crippen LogP contribution in [0.1, 0.15) is 18.6 Å². The third kappa shape index (κ3) is 2.25. The molecule has 1 heterocycles. The van der Waals surface area contributed by atoms with Crippen molar-refractivity contribution in [1.29, 1.82) is 0 Å². The first-order chi connectivity index (χ1) is 6.17. The molecule has 1 aromatic rings. The Morgan fingerprint density at radius 3 is 2.85 bits per heavy atom. The zero-order chi connectivity index (χ0) is 9.84. The minimum atomic E-state index is -0.284. The molecule has 0 saturated heterocycles. The van der Waals surface area contributed by atoms with Crippen LogP contribution in [0.3, 0.4) is 0 Å². The van der Waals surface area contributed by atoms with E-state index >= 15 is 0 Å². The Hall–Kier alpha value is -1.43. The summed E-state index contributed by atoms with van der Waals surface area (Å²) in [5.74, 6) is 5.96. The number of carbonyl (C=O) groups excluding carboxylic acids is 1. The fraction of sp³-hybridized carbons (Fsp3) is 0.571. The Morgan fingerprint density at radius 2 is 2.38 bits per heavy atom. The lowest BCUT2D eigenvalue weighted by Crippen LogP contribution is -2.31. The standard InChI is InChI=1S/C7H13N5O/c1-3-12-5(2)9-6(11-12)4-7(13)10-8/h3-4,8H2,1-2H3,(H,10,13). The molecule has 72 valence electrons. The minimum Gasteiger partial charge on any atom is -0.294 e. The van der Waals surface area contributed by atoms with Crippen LogP contribution in [-0.2, 0) is 17.8 Å². The fourth-order valence-electron chi connectivity index (χ4n) is 1.05. The second kappa shape index (κ2) is 3.99. The van der Waals surface area contributed by atoms with Crippen molar-refractivity contribution in [3.05, 3.63) is 11.6 Å². The van der Waals surface area contributed by atoms with E-state index in [9.17, 15) is 4.79 Å². The molecule has 13 heavy (non-hydrogen) atoms. The number of carbonyl (C=O) groups is 1. The normalized spacial score (nSPS) is 10.1. The Bertz CT molecular complexity index is 306. The van der Waals surface area contributed by atoms with E-state index in [0.717, 1.165) is 12.4 Å². The minimum absolute atomic E-state index is 0.129. The SMILES string of the molecule is CCn1nc(CC(=O)NN)nc1C. The molecule has 6 heteroatoms. The Kier molecular flexibility index (Phi) is 2.97. The molecular weight excluding hydrogens is 170 g/mol. The van der Waals surface area contributed by atoms with Gasteiger partial charge in [-0.3, -0.25) is 14.9 Å². The largest absolute Gasteiger partial charge is 0.294 e. The lowest BCUT2D eigenvalue weighted by Gasteiger charge is -1.94. The van der Waals surface area contributed by atoms with Crippen molar-refractivity contribution in [3.63, 3.8) is 0 Å². The van der Waals surface area contributed by atoms with Crippen molar-refractivity contribution in [2.75, 3.05) is 0 Å². The van der Waals surface area contributed by atoms with E-state index < -0.39 is 0 Å². The number of nitrogens with zero attached hydrogens (tertiary/aromatic N) is 3. The third-order valence-electron chi connectivity index (χ3n) is 1.68. The van der Waals surface area contributed by atoms with Crippen molar-refractivity contribution < 1.29 is 4.79 Å².